The van der Waals surface area contributed by atoms with Gasteiger partial charge in [0.05, 0.1) is 37.8 Å². The van der Waals surface area contributed by atoms with Gasteiger partial charge in [0, 0.05) is 30.5 Å². The van der Waals surface area contributed by atoms with Crippen LogP contribution in [0.15, 0.2) is 12.5 Å². The molecule has 0 radical (unpaired) electrons. The molecule has 25 nitrogen and oxygen atoms in total. The van der Waals surface area contributed by atoms with Crippen LogP contribution in [-0.2, 0) is 49.6 Å². The zero-order valence-corrected chi connectivity index (χ0v) is 32.0. The van der Waals surface area contributed by atoms with Crippen molar-refractivity contribution in [3.05, 3.63) is 18.2 Å². The summed E-state index contributed by atoms with van der Waals surface area (Å²) in [5.41, 5.74) is 11.0. The number of rotatable bonds is 25. The number of carboxylic acid groups (broad SMARTS) is 1. The monoisotopic (exact) mass is 833 g/mol. The molecule has 0 saturated carbocycles. The molecule has 0 unspecified atom stereocenters. The fourth-order valence-corrected chi connectivity index (χ4v) is 4.80. The number of primary amides is 1. The third-order valence-electron chi connectivity index (χ3n) is 7.95. The van der Waals surface area contributed by atoms with Crippen LogP contribution in [0.4, 0.5) is 0 Å². The lowest BCUT2D eigenvalue weighted by atomic mass is 10.1. The van der Waals surface area contributed by atoms with Gasteiger partial charge in [-0.3, -0.25) is 38.4 Å². The van der Waals surface area contributed by atoms with E-state index in [0.717, 1.165) is 13.8 Å². The highest BCUT2D eigenvalue weighted by molar-refractivity contribution is 7.80. The molecular formula is C31H51N11O14S. The fourth-order valence-electron chi connectivity index (χ4n) is 4.64. The Morgan fingerprint density at radius 3 is 1.58 bits per heavy atom. The molecule has 57 heavy (non-hydrogen) atoms. The Morgan fingerprint density at radius 2 is 1.16 bits per heavy atom. The Balaban J connectivity index is 3.03. The number of H-pyrrole nitrogens is 1. The predicted octanol–water partition coefficient (Wildman–Crippen LogP) is -8.28. The SMILES string of the molecule is C[C@H](NC(=O)[C@H](CO)NC(=O)[C@H](CO)NC(=O)[C@H](Cc1cnc[nH]1)NC(=O)[C@@H](NC(=O)[C@@H](N)CS)[C@@H](C)O)C(=O)N[C@H](C(=O)N[C@@H](CCC(N)=O)C(=O)O)[C@@H](C)O. The highest BCUT2D eigenvalue weighted by atomic mass is 32.1. The molecule has 1 aromatic rings. The van der Waals surface area contributed by atoms with Gasteiger partial charge in [-0.1, -0.05) is 0 Å². The number of thiol groups is 1. The number of aliphatic carboxylic acids is 1. The fraction of sp³-hybridized carbons (Fsp3) is 0.613. The molecule has 8 amide bonds. The van der Waals surface area contributed by atoms with Gasteiger partial charge in [0.25, 0.3) is 0 Å². The van der Waals surface area contributed by atoms with Gasteiger partial charge in [-0.2, -0.15) is 12.6 Å². The number of amides is 8. The first-order valence-corrected chi connectivity index (χ1v) is 17.9. The number of aliphatic hydroxyl groups is 4. The minimum Gasteiger partial charge on any atom is -0.480 e. The minimum atomic E-state index is -1.80. The lowest BCUT2D eigenvalue weighted by Crippen LogP contribution is -2.62. The highest BCUT2D eigenvalue weighted by Crippen LogP contribution is 2.05. The number of carboxylic acids is 1. The Kier molecular flexibility index (Phi) is 21.1. The molecule has 0 spiro atoms. The second kappa shape index (κ2) is 24.3. The van der Waals surface area contributed by atoms with Crippen LogP contribution in [0.2, 0.25) is 0 Å². The first-order chi connectivity index (χ1) is 26.7. The second-order valence-electron chi connectivity index (χ2n) is 12.7. The number of hydrogen-bond acceptors (Lipinski definition) is 16. The summed E-state index contributed by atoms with van der Waals surface area (Å²) in [4.78, 5) is 120. The van der Waals surface area contributed by atoms with Gasteiger partial charge in [-0.05, 0) is 27.2 Å². The molecule has 17 N–H and O–H groups in total. The molecular weight excluding hydrogens is 782 g/mol. The first kappa shape index (κ1) is 49.6. The zero-order chi connectivity index (χ0) is 43.6. The van der Waals surface area contributed by atoms with E-state index in [4.69, 9.17) is 11.5 Å². The summed E-state index contributed by atoms with van der Waals surface area (Å²) in [7, 11) is 0. The van der Waals surface area contributed by atoms with Crippen molar-refractivity contribution in [2.45, 2.75) is 101 Å². The van der Waals surface area contributed by atoms with E-state index in [1.807, 2.05) is 0 Å². The molecule has 0 aliphatic carbocycles. The van der Waals surface area contributed by atoms with Crippen molar-refractivity contribution in [3.63, 3.8) is 0 Å². The van der Waals surface area contributed by atoms with E-state index in [1.165, 1.54) is 19.4 Å². The average molecular weight is 834 g/mol. The smallest absolute Gasteiger partial charge is 0.326 e. The van der Waals surface area contributed by atoms with Crippen molar-refractivity contribution in [1.82, 2.24) is 47.2 Å². The van der Waals surface area contributed by atoms with E-state index in [0.29, 0.717) is 5.69 Å². The van der Waals surface area contributed by atoms with Gasteiger partial charge in [0.2, 0.25) is 47.3 Å². The van der Waals surface area contributed by atoms with E-state index >= 15 is 0 Å². The van der Waals surface area contributed by atoms with E-state index in [2.05, 4.69) is 59.8 Å². The molecule has 1 heterocycles. The molecule has 0 aliphatic heterocycles. The molecule has 10 atom stereocenters. The van der Waals surface area contributed by atoms with Crippen LogP contribution in [0.5, 0.6) is 0 Å². The highest BCUT2D eigenvalue weighted by Gasteiger charge is 2.35. The van der Waals surface area contributed by atoms with Crippen molar-refractivity contribution in [3.8, 4) is 0 Å². The van der Waals surface area contributed by atoms with Crippen molar-refractivity contribution < 1.29 is 68.7 Å². The largest absolute Gasteiger partial charge is 0.480 e. The molecule has 0 bridgehead atoms. The molecule has 0 aromatic carbocycles. The van der Waals surface area contributed by atoms with Crippen molar-refractivity contribution in [1.29, 1.82) is 0 Å². The van der Waals surface area contributed by atoms with Crippen LogP contribution < -0.4 is 48.7 Å². The van der Waals surface area contributed by atoms with Crippen LogP contribution in [0.3, 0.4) is 0 Å². The number of nitrogens with one attached hydrogen (secondary N) is 8. The van der Waals surface area contributed by atoms with Crippen LogP contribution in [0, 0.1) is 0 Å². The molecule has 0 fully saturated rings. The van der Waals surface area contributed by atoms with Gasteiger partial charge >= 0.3 is 5.97 Å². The van der Waals surface area contributed by atoms with Crippen molar-refractivity contribution in [2.24, 2.45) is 11.5 Å². The first-order valence-electron chi connectivity index (χ1n) is 17.2. The van der Waals surface area contributed by atoms with Gasteiger partial charge in [-0.15, -0.1) is 0 Å². The van der Waals surface area contributed by atoms with Crippen LogP contribution in [0.25, 0.3) is 0 Å². The molecule has 320 valence electrons. The maximum absolute atomic E-state index is 13.4. The summed E-state index contributed by atoms with van der Waals surface area (Å²) in [5.74, 6) is -9.99. The zero-order valence-electron chi connectivity index (χ0n) is 31.1. The van der Waals surface area contributed by atoms with Gasteiger partial charge in [0.1, 0.15) is 42.3 Å². The van der Waals surface area contributed by atoms with E-state index in [-0.39, 0.29) is 18.6 Å². The lowest BCUT2D eigenvalue weighted by molar-refractivity contribution is -0.143. The normalized spacial score (nSPS) is 16.3. The molecule has 26 heteroatoms. The number of carbonyl (C=O) groups is 9. The molecule has 1 rings (SSSR count). The van der Waals surface area contributed by atoms with E-state index in [1.54, 1.807) is 0 Å². The maximum atomic E-state index is 13.4. The van der Waals surface area contributed by atoms with E-state index in [9.17, 15) is 68.7 Å². The number of carbonyl (C=O) groups excluding carboxylic acids is 8. The quantitative estimate of drug-likeness (QED) is 0.0407. The summed E-state index contributed by atoms with van der Waals surface area (Å²) < 4.78 is 0. The second-order valence-corrected chi connectivity index (χ2v) is 13.1. The number of nitrogens with zero attached hydrogens (tertiary/aromatic N) is 1. The standard InChI is InChI=1S/C31H51N11O14S/c1-12(24(48)41-22(13(2)45)29(53)37-17(31(55)56)4-5-21(33)47)36-27(51)19(8-43)40-28(52)20(9-44)39-26(50)18(6-15-7-34-11-35-15)38-30(54)23(14(3)46)42-25(49)16(32)10-57/h7,11-14,16-20,22-23,43-46,57H,4-6,8-10,32H2,1-3H3,(H2,33,47)(H,34,35)(H,36,51)(H,37,53)(H,38,54)(H,39,50)(H,40,52)(H,41,48)(H,42,49)(H,55,56)/t12-,13+,14+,16-,17-,18-,19-,20-,22-,23-/m0/s1. The molecule has 0 saturated heterocycles. The van der Waals surface area contributed by atoms with Crippen LogP contribution in [0.1, 0.15) is 39.3 Å². The summed E-state index contributed by atoms with van der Waals surface area (Å²) >= 11 is 3.92. The third kappa shape index (κ3) is 16.7. The Morgan fingerprint density at radius 1 is 0.702 bits per heavy atom. The minimum absolute atomic E-state index is 0.0896. The number of aliphatic hydroxyl groups excluding tert-OH is 4. The number of hydrogen-bond donors (Lipinski definition) is 16. The molecule has 1 aromatic heterocycles. The number of nitrogens with two attached hydrogens (primary N) is 2. The predicted molar refractivity (Wildman–Crippen MR) is 197 cm³/mol. The number of imidazole rings is 1. The van der Waals surface area contributed by atoms with E-state index < -0.39 is 133 Å². The summed E-state index contributed by atoms with van der Waals surface area (Å²) in [5, 5.41) is 64.7. The average Bonchev–Trinajstić information content (AvgIpc) is 3.66. The van der Waals surface area contributed by atoms with Gasteiger partial charge in [0.15, 0.2) is 0 Å². The van der Waals surface area contributed by atoms with Crippen molar-refractivity contribution >= 4 is 65.9 Å². The van der Waals surface area contributed by atoms with Crippen LogP contribution in [-0.4, -0.2) is 168 Å². The summed E-state index contributed by atoms with van der Waals surface area (Å²) in [6.07, 6.45) is -1.54. The topological polar surface area (TPSA) is 420 Å². The Bertz CT molecular complexity index is 1570. The summed E-state index contributed by atoms with van der Waals surface area (Å²) in [6, 6.07) is -12.7. The Labute approximate surface area is 330 Å². The maximum Gasteiger partial charge on any atom is 0.326 e. The Hall–Kier alpha value is -5.41. The number of aromatic amines is 1. The van der Waals surface area contributed by atoms with Gasteiger partial charge in [-0.25, -0.2) is 9.78 Å². The van der Waals surface area contributed by atoms with Crippen molar-refractivity contribution in [2.75, 3.05) is 19.0 Å². The number of aromatic nitrogens is 2. The summed E-state index contributed by atoms with van der Waals surface area (Å²) in [6.45, 7) is 1.28. The third-order valence-corrected chi connectivity index (χ3v) is 8.34. The molecule has 0 aliphatic rings. The van der Waals surface area contributed by atoms with Gasteiger partial charge < -0.3 is 79.2 Å². The lowest BCUT2D eigenvalue weighted by Gasteiger charge is -2.27. The van der Waals surface area contributed by atoms with Crippen LogP contribution >= 0.6 is 12.6 Å².